The van der Waals surface area contributed by atoms with E-state index in [0.717, 1.165) is 83.0 Å². The highest BCUT2D eigenvalue weighted by molar-refractivity contribution is 6.04. The third-order valence-corrected chi connectivity index (χ3v) is 13.8. The van der Waals surface area contributed by atoms with Gasteiger partial charge in [-0.25, -0.2) is 19.6 Å². The molecule has 3 aliphatic heterocycles. The SMILES string of the molecule is COC(=O)N[C@H](C(=O)N1[C@@H]2C[C@H]2C[C@H]1c1nc2cc(CCc3ccc4c(ccc5nc([C@@H]6C[C@H]7C[C@H]7N6C(=O)[C@@H](NC(=O)O)C6CCOCC6)[nH]c54)c3)ccc2[nH]1)C(C)C. The Labute approximate surface area is 347 Å². The molecular weight excluding hydrogens is 765 g/mol. The average molecular weight is 817 g/mol. The second-order valence-electron chi connectivity index (χ2n) is 18.0. The summed E-state index contributed by atoms with van der Waals surface area (Å²) in [7, 11) is 1.31. The number of aryl methyl sites for hydroxylation is 2. The van der Waals surface area contributed by atoms with Crippen molar-refractivity contribution in [2.24, 2.45) is 23.7 Å². The standard InChI is InChI=1S/C45H52N8O7/c1-22(2)37(51-45(58)59-3)42(54)52-33-18-27(33)20-35(52)40-46-30-10-7-24(17-32(30)48-40)5-4-23-6-9-29-26(16-23)8-11-31-39(29)49-41(47-31)36-21-28-19-34(28)53(36)43(55)38(50-44(56)57)25-12-14-60-15-13-25/h6-11,16-17,22,25,27-28,33-38,50H,4-5,12-15,18-21H2,1-3H3,(H,46,48)(H,47,49)(H,51,58)(H,56,57)/t27-,28+,33+,34+,35-,36-,37-,38-/m0/s1. The molecule has 10 rings (SSSR count). The van der Waals surface area contributed by atoms with Gasteiger partial charge in [-0.15, -0.1) is 0 Å². The Balaban J connectivity index is 0.837. The molecule has 5 aromatic rings. The molecule has 2 saturated carbocycles. The van der Waals surface area contributed by atoms with Crippen LogP contribution in [0.2, 0.25) is 0 Å². The van der Waals surface area contributed by atoms with E-state index in [1.54, 1.807) is 0 Å². The van der Waals surface area contributed by atoms with Gasteiger partial charge in [-0.3, -0.25) is 9.59 Å². The minimum absolute atomic E-state index is 0.0917. The van der Waals surface area contributed by atoms with E-state index in [9.17, 15) is 24.3 Å². The molecule has 15 nitrogen and oxygen atoms in total. The second kappa shape index (κ2) is 15.1. The Morgan fingerprint density at radius 2 is 1.47 bits per heavy atom. The van der Waals surface area contributed by atoms with Gasteiger partial charge < -0.3 is 45.0 Å². The van der Waals surface area contributed by atoms with Crippen LogP contribution >= 0.6 is 0 Å². The fourth-order valence-corrected chi connectivity index (χ4v) is 10.5. The normalized spacial score (nSPS) is 25.7. The molecule has 60 heavy (non-hydrogen) atoms. The van der Waals surface area contributed by atoms with Gasteiger partial charge in [0.2, 0.25) is 11.8 Å². The number of hydrogen-bond acceptors (Lipinski definition) is 8. The first-order chi connectivity index (χ1) is 29.0. The van der Waals surface area contributed by atoms with Gasteiger partial charge in [-0.1, -0.05) is 44.2 Å². The smallest absolute Gasteiger partial charge is 0.407 e. The van der Waals surface area contributed by atoms with Crippen LogP contribution in [-0.4, -0.2) is 103 Å². The number of ether oxygens (including phenoxy) is 2. The number of amides is 4. The highest BCUT2D eigenvalue weighted by Gasteiger charge is 2.57. The van der Waals surface area contributed by atoms with Crippen LogP contribution in [0.5, 0.6) is 0 Å². The molecule has 2 aromatic heterocycles. The minimum Gasteiger partial charge on any atom is -0.465 e. The lowest BCUT2D eigenvalue weighted by atomic mass is 9.90. The number of likely N-dealkylation sites (tertiary alicyclic amines) is 2. The summed E-state index contributed by atoms with van der Waals surface area (Å²) in [6.07, 6.45) is 4.75. The van der Waals surface area contributed by atoms with E-state index in [0.29, 0.717) is 37.9 Å². The Bertz CT molecular complexity index is 2510. The summed E-state index contributed by atoms with van der Waals surface area (Å²) < 4.78 is 10.3. The monoisotopic (exact) mass is 816 g/mol. The van der Waals surface area contributed by atoms with Crippen LogP contribution in [0.25, 0.3) is 32.8 Å². The molecule has 3 saturated heterocycles. The van der Waals surface area contributed by atoms with Crippen molar-refractivity contribution < 1.29 is 33.8 Å². The fourth-order valence-electron chi connectivity index (χ4n) is 10.5. The van der Waals surface area contributed by atoms with Crippen LogP contribution in [0.4, 0.5) is 9.59 Å². The van der Waals surface area contributed by atoms with Crippen molar-refractivity contribution in [3.05, 3.63) is 71.3 Å². The summed E-state index contributed by atoms with van der Waals surface area (Å²) in [6, 6.07) is 15.4. The number of rotatable bonds is 11. The van der Waals surface area contributed by atoms with Gasteiger partial charge in [0.25, 0.3) is 0 Å². The van der Waals surface area contributed by atoms with E-state index in [2.05, 4.69) is 63.1 Å². The molecule has 0 bridgehead atoms. The maximum Gasteiger partial charge on any atom is 0.407 e. The van der Waals surface area contributed by atoms with Crippen LogP contribution in [-0.2, 0) is 31.9 Å². The fraction of sp³-hybridized carbons (Fsp3) is 0.511. The van der Waals surface area contributed by atoms with Crippen LogP contribution < -0.4 is 10.6 Å². The largest absolute Gasteiger partial charge is 0.465 e. The van der Waals surface area contributed by atoms with Gasteiger partial charge in [0, 0.05) is 30.7 Å². The van der Waals surface area contributed by atoms with Gasteiger partial charge in [-0.05, 0) is 110 Å². The number of fused-ring (bicyclic) bond motifs is 6. The molecule has 0 radical (unpaired) electrons. The Morgan fingerprint density at radius 3 is 2.15 bits per heavy atom. The number of benzene rings is 3. The number of nitrogens with zero attached hydrogens (tertiary/aromatic N) is 4. The molecular formula is C45H52N8O7. The third-order valence-electron chi connectivity index (χ3n) is 13.8. The maximum atomic E-state index is 14.2. The third kappa shape index (κ3) is 6.99. The van der Waals surface area contributed by atoms with E-state index < -0.39 is 24.3 Å². The Kier molecular flexibility index (Phi) is 9.68. The number of methoxy groups -OCH3 is 1. The van der Waals surface area contributed by atoms with Crippen molar-refractivity contribution in [2.75, 3.05) is 20.3 Å². The van der Waals surface area contributed by atoms with Crippen molar-refractivity contribution in [3.63, 3.8) is 0 Å². The number of piperidine rings is 2. The molecule has 314 valence electrons. The number of hydrogen-bond donors (Lipinski definition) is 5. The number of aromatic amines is 2. The summed E-state index contributed by atoms with van der Waals surface area (Å²) in [5.41, 5.74) is 5.96. The molecule has 5 aliphatic rings. The number of H-pyrrole nitrogens is 2. The molecule has 4 amide bonds. The molecule has 15 heteroatoms. The quantitative estimate of drug-likeness (QED) is 0.104. The van der Waals surface area contributed by atoms with Crippen molar-refractivity contribution in [3.8, 4) is 0 Å². The number of imidazole rings is 2. The zero-order valence-electron chi connectivity index (χ0n) is 34.1. The first-order valence-corrected chi connectivity index (χ1v) is 21.5. The van der Waals surface area contributed by atoms with Crippen LogP contribution in [0.15, 0.2) is 48.5 Å². The summed E-state index contributed by atoms with van der Waals surface area (Å²) in [4.78, 5) is 72.9. The van der Waals surface area contributed by atoms with Gasteiger partial charge in [-0.2, -0.15) is 0 Å². The predicted octanol–water partition coefficient (Wildman–Crippen LogP) is 6.14. The minimum atomic E-state index is -1.18. The molecule has 0 spiro atoms. The highest BCUT2D eigenvalue weighted by atomic mass is 16.5. The topological polar surface area (TPSA) is 195 Å². The lowest BCUT2D eigenvalue weighted by Gasteiger charge is -2.35. The van der Waals surface area contributed by atoms with Crippen molar-refractivity contribution >= 4 is 56.8 Å². The van der Waals surface area contributed by atoms with E-state index in [4.69, 9.17) is 19.4 Å². The first kappa shape index (κ1) is 38.5. The molecule has 5 fully saturated rings. The Hall–Kier alpha value is -5.70. The van der Waals surface area contributed by atoms with Gasteiger partial charge in [0.1, 0.15) is 23.7 Å². The van der Waals surface area contributed by atoms with Gasteiger partial charge in [0.15, 0.2) is 0 Å². The van der Waals surface area contributed by atoms with Crippen LogP contribution in [0.3, 0.4) is 0 Å². The average Bonchev–Trinajstić information content (AvgIpc) is 3.90. The number of aromatic nitrogens is 4. The lowest BCUT2D eigenvalue weighted by Crippen LogP contribution is -2.53. The number of carbonyl (C=O) groups is 4. The van der Waals surface area contributed by atoms with Crippen molar-refractivity contribution in [1.82, 2.24) is 40.4 Å². The highest BCUT2D eigenvalue weighted by Crippen LogP contribution is 2.55. The molecule has 3 aromatic carbocycles. The van der Waals surface area contributed by atoms with Crippen LogP contribution in [0.1, 0.15) is 87.2 Å². The predicted molar refractivity (Wildman–Crippen MR) is 222 cm³/mol. The van der Waals surface area contributed by atoms with Gasteiger partial charge in [0.05, 0.1) is 41.3 Å². The maximum absolute atomic E-state index is 14.2. The summed E-state index contributed by atoms with van der Waals surface area (Å²) >= 11 is 0. The lowest BCUT2D eigenvalue weighted by molar-refractivity contribution is -0.138. The summed E-state index contributed by atoms with van der Waals surface area (Å²) in [5.74, 6) is 1.94. The number of carbonyl (C=O) groups excluding carboxylic acids is 3. The van der Waals surface area contributed by atoms with E-state index >= 15 is 0 Å². The molecule has 5 N–H and O–H groups in total. The summed E-state index contributed by atoms with van der Waals surface area (Å²) in [5, 5.41) is 17.1. The number of carboxylic acid groups (broad SMARTS) is 1. The zero-order valence-corrected chi connectivity index (χ0v) is 34.1. The van der Waals surface area contributed by atoms with Crippen molar-refractivity contribution in [2.45, 2.75) is 101 Å². The molecule has 5 heterocycles. The number of nitrogens with one attached hydrogen (secondary N) is 4. The molecule has 8 atom stereocenters. The Morgan fingerprint density at radius 1 is 0.817 bits per heavy atom. The van der Waals surface area contributed by atoms with Crippen molar-refractivity contribution in [1.29, 1.82) is 0 Å². The van der Waals surface area contributed by atoms with E-state index in [1.165, 1.54) is 18.2 Å². The number of alkyl carbamates (subject to hydrolysis) is 1. The van der Waals surface area contributed by atoms with Crippen LogP contribution in [0, 0.1) is 23.7 Å². The molecule has 2 aliphatic carbocycles. The zero-order chi connectivity index (χ0) is 41.4. The van der Waals surface area contributed by atoms with Gasteiger partial charge >= 0.3 is 12.2 Å². The first-order valence-electron chi connectivity index (χ1n) is 21.5. The van der Waals surface area contributed by atoms with E-state index in [1.807, 2.05) is 29.7 Å². The molecule has 0 unspecified atom stereocenters. The van der Waals surface area contributed by atoms with E-state index in [-0.39, 0.29) is 47.8 Å². The summed E-state index contributed by atoms with van der Waals surface area (Å²) in [6.45, 7) is 4.90. The second-order valence-corrected chi connectivity index (χ2v) is 18.0.